The summed E-state index contributed by atoms with van der Waals surface area (Å²) in [6.07, 6.45) is 1.49. The summed E-state index contributed by atoms with van der Waals surface area (Å²) in [5.74, 6) is 0.563. The molecule has 0 aliphatic heterocycles. The Labute approximate surface area is 127 Å². The minimum Gasteiger partial charge on any atom is -0.345 e. The lowest BCUT2D eigenvalue weighted by atomic mass is 10.3. The lowest BCUT2D eigenvalue weighted by molar-refractivity contribution is -0.122. The Morgan fingerprint density at radius 3 is 2.59 bits per heavy atom. The zero-order chi connectivity index (χ0) is 15.5. The molecule has 0 fully saturated rings. The van der Waals surface area contributed by atoms with Gasteiger partial charge in [-0.25, -0.2) is 9.67 Å². The Kier molecular flexibility index (Phi) is 3.82. The summed E-state index contributed by atoms with van der Waals surface area (Å²) in [5.41, 5.74) is 1.54. The molecule has 8 heteroatoms. The van der Waals surface area contributed by atoms with Crippen molar-refractivity contribution in [2.24, 2.45) is 0 Å². The van der Waals surface area contributed by atoms with Crippen molar-refractivity contribution < 1.29 is 4.79 Å². The van der Waals surface area contributed by atoms with Gasteiger partial charge in [0.25, 0.3) is 0 Å². The van der Waals surface area contributed by atoms with E-state index in [1.165, 1.54) is 11.1 Å². The van der Waals surface area contributed by atoms with Crippen molar-refractivity contribution >= 4 is 16.9 Å². The first kappa shape index (κ1) is 14.2. The van der Waals surface area contributed by atoms with Crippen LogP contribution in [-0.4, -0.2) is 35.7 Å². The van der Waals surface area contributed by atoms with E-state index in [2.05, 4.69) is 25.6 Å². The SMILES string of the molecule is CCn1ncnc1[C@H](C)NC(=O)Cn1nc2ccccc2n1. The van der Waals surface area contributed by atoms with Crippen LogP contribution in [0.25, 0.3) is 11.0 Å². The highest BCUT2D eigenvalue weighted by Crippen LogP contribution is 2.09. The lowest BCUT2D eigenvalue weighted by Crippen LogP contribution is -2.32. The Morgan fingerprint density at radius 2 is 1.95 bits per heavy atom. The monoisotopic (exact) mass is 299 g/mol. The van der Waals surface area contributed by atoms with Crippen molar-refractivity contribution in [3.8, 4) is 0 Å². The third-order valence-electron chi connectivity index (χ3n) is 3.32. The Bertz CT molecular complexity index is 758. The fourth-order valence-corrected chi connectivity index (χ4v) is 2.31. The summed E-state index contributed by atoms with van der Waals surface area (Å²) in [5, 5.41) is 15.5. The van der Waals surface area contributed by atoms with Gasteiger partial charge in [0.05, 0.1) is 6.04 Å². The number of benzene rings is 1. The molecule has 0 aliphatic rings. The van der Waals surface area contributed by atoms with Crippen molar-refractivity contribution in [1.82, 2.24) is 35.1 Å². The van der Waals surface area contributed by atoms with Gasteiger partial charge in [0.1, 0.15) is 29.7 Å². The maximum absolute atomic E-state index is 12.1. The third-order valence-corrected chi connectivity index (χ3v) is 3.32. The van der Waals surface area contributed by atoms with Gasteiger partial charge >= 0.3 is 0 Å². The number of fused-ring (bicyclic) bond motifs is 1. The summed E-state index contributed by atoms with van der Waals surface area (Å²) in [6, 6.07) is 7.29. The first-order valence-corrected chi connectivity index (χ1v) is 7.14. The molecule has 1 amide bonds. The fourth-order valence-electron chi connectivity index (χ4n) is 2.31. The van der Waals surface area contributed by atoms with Crippen LogP contribution in [0, 0.1) is 0 Å². The molecule has 0 unspecified atom stereocenters. The number of nitrogens with one attached hydrogen (secondary N) is 1. The Morgan fingerprint density at radius 1 is 1.27 bits per heavy atom. The fraction of sp³-hybridized carbons (Fsp3) is 0.357. The van der Waals surface area contributed by atoms with Crippen LogP contribution in [0.4, 0.5) is 0 Å². The largest absolute Gasteiger partial charge is 0.345 e. The number of carbonyl (C=O) groups is 1. The molecule has 0 saturated carbocycles. The first-order chi connectivity index (χ1) is 10.7. The van der Waals surface area contributed by atoms with Crippen LogP contribution in [0.5, 0.6) is 0 Å². The quantitative estimate of drug-likeness (QED) is 0.756. The highest BCUT2D eigenvalue weighted by Gasteiger charge is 2.16. The number of nitrogens with zero attached hydrogens (tertiary/aromatic N) is 6. The second kappa shape index (κ2) is 5.92. The molecular weight excluding hydrogens is 282 g/mol. The number of amides is 1. The minimum atomic E-state index is -0.222. The second-order valence-electron chi connectivity index (χ2n) is 4.94. The van der Waals surface area contributed by atoms with Gasteiger partial charge in [-0.3, -0.25) is 4.79 Å². The predicted octanol–water partition coefficient (Wildman–Crippen LogP) is 0.920. The van der Waals surface area contributed by atoms with E-state index >= 15 is 0 Å². The number of aromatic nitrogens is 6. The summed E-state index contributed by atoms with van der Waals surface area (Å²) < 4.78 is 1.76. The molecule has 0 radical (unpaired) electrons. The summed E-state index contributed by atoms with van der Waals surface area (Å²) in [7, 11) is 0. The molecule has 3 aromatic rings. The highest BCUT2D eigenvalue weighted by molar-refractivity contribution is 5.77. The molecule has 0 aliphatic carbocycles. The smallest absolute Gasteiger partial charge is 0.244 e. The molecule has 1 atom stereocenters. The molecule has 1 N–H and O–H groups in total. The number of hydrogen-bond donors (Lipinski definition) is 1. The van der Waals surface area contributed by atoms with Gasteiger partial charge in [-0.2, -0.15) is 20.1 Å². The van der Waals surface area contributed by atoms with Gasteiger partial charge in [0.15, 0.2) is 0 Å². The van der Waals surface area contributed by atoms with Crippen LogP contribution in [0.2, 0.25) is 0 Å². The van der Waals surface area contributed by atoms with Crippen LogP contribution in [0.15, 0.2) is 30.6 Å². The summed E-state index contributed by atoms with van der Waals surface area (Å²) >= 11 is 0. The predicted molar refractivity (Wildman–Crippen MR) is 79.8 cm³/mol. The molecular formula is C14H17N7O. The third kappa shape index (κ3) is 2.80. The maximum Gasteiger partial charge on any atom is 0.244 e. The molecule has 0 bridgehead atoms. The molecule has 1 aromatic carbocycles. The van der Waals surface area contributed by atoms with Crippen LogP contribution in [0.1, 0.15) is 25.7 Å². The second-order valence-corrected chi connectivity index (χ2v) is 4.94. The number of hydrogen-bond acceptors (Lipinski definition) is 5. The normalized spacial score (nSPS) is 12.5. The minimum absolute atomic E-state index is 0.0687. The summed E-state index contributed by atoms with van der Waals surface area (Å²) in [6.45, 7) is 4.63. The van der Waals surface area contributed by atoms with Crippen LogP contribution >= 0.6 is 0 Å². The first-order valence-electron chi connectivity index (χ1n) is 7.14. The van der Waals surface area contributed by atoms with Crippen molar-refractivity contribution in [2.75, 3.05) is 0 Å². The number of carbonyl (C=O) groups excluding carboxylic acids is 1. The van der Waals surface area contributed by atoms with Gasteiger partial charge in [-0.05, 0) is 26.0 Å². The van der Waals surface area contributed by atoms with E-state index in [1.807, 2.05) is 38.1 Å². The van der Waals surface area contributed by atoms with E-state index < -0.39 is 0 Å². The van der Waals surface area contributed by atoms with Crippen molar-refractivity contribution in [1.29, 1.82) is 0 Å². The average Bonchev–Trinajstić information content (AvgIpc) is 3.12. The number of aryl methyl sites for hydroxylation is 1. The molecule has 2 heterocycles. The van der Waals surface area contributed by atoms with E-state index in [9.17, 15) is 4.79 Å². The van der Waals surface area contributed by atoms with Gasteiger partial charge in [0, 0.05) is 6.54 Å². The van der Waals surface area contributed by atoms with Crippen LogP contribution < -0.4 is 5.32 Å². The summed E-state index contributed by atoms with van der Waals surface area (Å²) in [4.78, 5) is 17.7. The molecule has 3 rings (SSSR count). The van der Waals surface area contributed by atoms with E-state index in [0.29, 0.717) is 6.54 Å². The van der Waals surface area contributed by atoms with E-state index in [1.54, 1.807) is 4.68 Å². The van der Waals surface area contributed by atoms with E-state index in [4.69, 9.17) is 0 Å². The molecule has 114 valence electrons. The van der Waals surface area contributed by atoms with Crippen molar-refractivity contribution in [3.05, 3.63) is 36.4 Å². The molecule has 22 heavy (non-hydrogen) atoms. The lowest BCUT2D eigenvalue weighted by Gasteiger charge is -2.13. The average molecular weight is 299 g/mol. The molecule has 0 spiro atoms. The molecule has 0 saturated heterocycles. The topological polar surface area (TPSA) is 90.5 Å². The Balaban J connectivity index is 1.67. The van der Waals surface area contributed by atoms with Crippen molar-refractivity contribution in [3.63, 3.8) is 0 Å². The van der Waals surface area contributed by atoms with Gasteiger partial charge in [0.2, 0.25) is 5.91 Å². The van der Waals surface area contributed by atoms with Crippen molar-refractivity contribution in [2.45, 2.75) is 33.0 Å². The van der Waals surface area contributed by atoms with E-state index in [0.717, 1.165) is 16.9 Å². The zero-order valence-corrected chi connectivity index (χ0v) is 12.5. The maximum atomic E-state index is 12.1. The van der Waals surface area contributed by atoms with Gasteiger partial charge in [-0.15, -0.1) is 0 Å². The van der Waals surface area contributed by atoms with Gasteiger partial charge < -0.3 is 5.32 Å². The molecule has 8 nitrogen and oxygen atoms in total. The number of rotatable bonds is 5. The van der Waals surface area contributed by atoms with Gasteiger partial charge in [-0.1, -0.05) is 12.1 Å². The van der Waals surface area contributed by atoms with E-state index in [-0.39, 0.29) is 18.5 Å². The standard InChI is InChI=1S/C14H17N7O/c1-3-20-14(15-9-16-20)10(2)17-13(22)8-21-18-11-6-4-5-7-12(11)19-21/h4-7,9-10H,3,8H2,1-2H3,(H,17,22)/t10-/m0/s1. The Hall–Kier alpha value is -2.77. The zero-order valence-electron chi connectivity index (χ0n) is 12.5. The molecule has 2 aromatic heterocycles. The van der Waals surface area contributed by atoms with Crippen LogP contribution in [-0.2, 0) is 17.9 Å². The highest BCUT2D eigenvalue weighted by atomic mass is 16.2. The van der Waals surface area contributed by atoms with Crippen LogP contribution in [0.3, 0.4) is 0 Å².